The van der Waals surface area contributed by atoms with Crippen LogP contribution in [0.3, 0.4) is 0 Å². The molecule has 0 bridgehead atoms. The number of hydrogen-bond acceptors (Lipinski definition) is 3. The molecule has 1 aliphatic heterocycles. The quantitative estimate of drug-likeness (QED) is 0.885. The molecular formula is C15H19ClN2O3. The van der Waals surface area contributed by atoms with Gasteiger partial charge in [-0.1, -0.05) is 29.8 Å². The molecule has 1 saturated heterocycles. The molecule has 0 aliphatic carbocycles. The van der Waals surface area contributed by atoms with Gasteiger partial charge >= 0.3 is 0 Å². The van der Waals surface area contributed by atoms with Gasteiger partial charge in [0.25, 0.3) is 0 Å². The Morgan fingerprint density at radius 1 is 1.48 bits per heavy atom. The van der Waals surface area contributed by atoms with Crippen LogP contribution in [0.1, 0.15) is 31.4 Å². The Labute approximate surface area is 128 Å². The summed E-state index contributed by atoms with van der Waals surface area (Å²) in [6.45, 7) is 2.15. The molecule has 0 saturated carbocycles. The van der Waals surface area contributed by atoms with Crippen LogP contribution >= 0.6 is 11.6 Å². The van der Waals surface area contributed by atoms with Gasteiger partial charge in [-0.05, 0) is 18.9 Å². The number of rotatable bonds is 4. The molecule has 1 aromatic rings. The van der Waals surface area contributed by atoms with E-state index in [9.17, 15) is 14.7 Å². The van der Waals surface area contributed by atoms with Crippen LogP contribution in [0, 0.1) is 0 Å². The second-order valence-corrected chi connectivity index (χ2v) is 5.56. The number of aliphatic hydroxyl groups is 1. The molecule has 114 valence electrons. The number of halogens is 1. The van der Waals surface area contributed by atoms with E-state index in [0.29, 0.717) is 23.6 Å². The first-order chi connectivity index (χ1) is 10.0. The summed E-state index contributed by atoms with van der Waals surface area (Å²) in [5, 5.41) is 13.2. The number of benzene rings is 1. The lowest BCUT2D eigenvalue weighted by Gasteiger charge is -2.23. The van der Waals surface area contributed by atoms with Gasteiger partial charge in [-0.25, -0.2) is 0 Å². The highest BCUT2D eigenvalue weighted by molar-refractivity contribution is 6.31. The van der Waals surface area contributed by atoms with Crippen molar-refractivity contribution >= 4 is 23.4 Å². The van der Waals surface area contributed by atoms with Crippen molar-refractivity contribution in [1.82, 2.24) is 10.2 Å². The van der Waals surface area contributed by atoms with Crippen LogP contribution in [-0.4, -0.2) is 41.0 Å². The van der Waals surface area contributed by atoms with Crippen LogP contribution in [0.25, 0.3) is 0 Å². The smallest absolute Gasteiger partial charge is 0.242 e. The van der Waals surface area contributed by atoms with Crippen molar-refractivity contribution in [1.29, 1.82) is 0 Å². The van der Waals surface area contributed by atoms with Gasteiger partial charge in [-0.15, -0.1) is 0 Å². The molecule has 2 rings (SSSR count). The fourth-order valence-electron chi connectivity index (χ4n) is 2.59. The van der Waals surface area contributed by atoms with E-state index in [1.165, 1.54) is 6.92 Å². The minimum Gasteiger partial charge on any atom is -0.387 e. The molecule has 1 aromatic carbocycles. The second-order valence-electron chi connectivity index (χ2n) is 5.15. The Morgan fingerprint density at radius 2 is 2.19 bits per heavy atom. The number of amides is 2. The Bertz CT molecular complexity index is 535. The van der Waals surface area contributed by atoms with Crippen molar-refractivity contribution in [3.05, 3.63) is 34.9 Å². The second kappa shape index (κ2) is 6.91. The van der Waals surface area contributed by atoms with Gasteiger partial charge < -0.3 is 15.3 Å². The minimum absolute atomic E-state index is 0.0742. The SMILES string of the molecule is CC(=O)N1CCC[C@H]1C(=O)NC[C@H](O)c1ccccc1Cl. The molecule has 1 aliphatic rings. The predicted octanol–water partition coefficient (Wildman–Crippen LogP) is 1.50. The zero-order valence-corrected chi connectivity index (χ0v) is 12.6. The van der Waals surface area contributed by atoms with E-state index < -0.39 is 12.1 Å². The zero-order valence-electron chi connectivity index (χ0n) is 11.9. The molecule has 1 fully saturated rings. The number of hydrogen-bond donors (Lipinski definition) is 2. The Kier molecular flexibility index (Phi) is 5.20. The summed E-state index contributed by atoms with van der Waals surface area (Å²) in [4.78, 5) is 25.1. The highest BCUT2D eigenvalue weighted by Gasteiger charge is 2.32. The molecule has 0 spiro atoms. The summed E-state index contributed by atoms with van der Waals surface area (Å²) < 4.78 is 0. The van der Waals surface area contributed by atoms with Gasteiger partial charge in [0.2, 0.25) is 11.8 Å². The molecule has 2 N–H and O–H groups in total. The summed E-state index contributed by atoms with van der Waals surface area (Å²) in [6.07, 6.45) is 0.619. The summed E-state index contributed by atoms with van der Waals surface area (Å²) >= 11 is 6.00. The van der Waals surface area contributed by atoms with E-state index in [2.05, 4.69) is 5.32 Å². The van der Waals surface area contributed by atoms with Gasteiger partial charge in [-0.2, -0.15) is 0 Å². The van der Waals surface area contributed by atoms with Crippen molar-refractivity contribution in [2.75, 3.05) is 13.1 Å². The van der Waals surface area contributed by atoms with Crippen molar-refractivity contribution in [2.45, 2.75) is 31.9 Å². The van der Waals surface area contributed by atoms with Gasteiger partial charge in [0, 0.05) is 30.6 Å². The van der Waals surface area contributed by atoms with Crippen molar-refractivity contribution < 1.29 is 14.7 Å². The third-order valence-corrected chi connectivity index (χ3v) is 4.04. The molecule has 21 heavy (non-hydrogen) atoms. The highest BCUT2D eigenvalue weighted by Crippen LogP contribution is 2.22. The average molecular weight is 311 g/mol. The summed E-state index contributed by atoms with van der Waals surface area (Å²) in [7, 11) is 0. The van der Waals surface area contributed by atoms with Crippen LogP contribution in [0.4, 0.5) is 0 Å². The molecule has 6 heteroatoms. The fourth-order valence-corrected chi connectivity index (χ4v) is 2.85. The van der Waals surface area contributed by atoms with Gasteiger partial charge in [0.15, 0.2) is 0 Å². The lowest BCUT2D eigenvalue weighted by Crippen LogP contribution is -2.46. The molecule has 2 amide bonds. The van der Waals surface area contributed by atoms with E-state index in [4.69, 9.17) is 11.6 Å². The maximum absolute atomic E-state index is 12.1. The van der Waals surface area contributed by atoms with E-state index in [0.717, 1.165) is 6.42 Å². The average Bonchev–Trinajstić information content (AvgIpc) is 2.94. The summed E-state index contributed by atoms with van der Waals surface area (Å²) in [5.41, 5.74) is 0.578. The van der Waals surface area contributed by atoms with Crippen LogP contribution in [0.5, 0.6) is 0 Å². The Morgan fingerprint density at radius 3 is 2.86 bits per heavy atom. The van der Waals surface area contributed by atoms with Gasteiger partial charge in [-0.3, -0.25) is 9.59 Å². The largest absolute Gasteiger partial charge is 0.387 e. The number of aliphatic hydroxyl groups excluding tert-OH is 1. The number of carbonyl (C=O) groups is 2. The first kappa shape index (κ1) is 15.8. The first-order valence-electron chi connectivity index (χ1n) is 6.98. The van der Waals surface area contributed by atoms with E-state index in [1.807, 2.05) is 0 Å². The number of nitrogens with one attached hydrogen (secondary N) is 1. The maximum atomic E-state index is 12.1. The lowest BCUT2D eigenvalue weighted by atomic mass is 10.1. The van der Waals surface area contributed by atoms with Crippen LogP contribution in [0.15, 0.2) is 24.3 Å². The van der Waals surface area contributed by atoms with Gasteiger partial charge in [0.05, 0.1) is 6.10 Å². The van der Waals surface area contributed by atoms with E-state index in [-0.39, 0.29) is 18.4 Å². The topological polar surface area (TPSA) is 69.6 Å². The van der Waals surface area contributed by atoms with Crippen molar-refractivity contribution in [2.24, 2.45) is 0 Å². The third kappa shape index (κ3) is 3.74. The minimum atomic E-state index is -0.866. The third-order valence-electron chi connectivity index (χ3n) is 3.69. The van der Waals surface area contributed by atoms with E-state index >= 15 is 0 Å². The molecule has 2 atom stereocenters. The van der Waals surface area contributed by atoms with Crippen molar-refractivity contribution in [3.63, 3.8) is 0 Å². The van der Waals surface area contributed by atoms with Crippen LogP contribution in [-0.2, 0) is 9.59 Å². The molecule has 0 aromatic heterocycles. The predicted molar refractivity (Wildman–Crippen MR) is 79.8 cm³/mol. The lowest BCUT2D eigenvalue weighted by molar-refractivity contribution is -0.137. The van der Waals surface area contributed by atoms with Gasteiger partial charge in [0.1, 0.15) is 6.04 Å². The standard InChI is InChI=1S/C15H19ClN2O3/c1-10(19)18-8-4-7-13(18)15(21)17-9-14(20)11-5-2-3-6-12(11)16/h2-3,5-6,13-14,20H,4,7-9H2,1H3,(H,17,21)/t13-,14-/m0/s1. The molecule has 5 nitrogen and oxygen atoms in total. The first-order valence-corrected chi connectivity index (χ1v) is 7.36. The Hall–Kier alpha value is -1.59. The number of nitrogens with zero attached hydrogens (tertiary/aromatic N) is 1. The summed E-state index contributed by atoms with van der Waals surface area (Å²) in [6, 6.07) is 6.54. The van der Waals surface area contributed by atoms with E-state index in [1.54, 1.807) is 29.2 Å². The maximum Gasteiger partial charge on any atom is 0.242 e. The monoisotopic (exact) mass is 310 g/mol. The van der Waals surface area contributed by atoms with Crippen molar-refractivity contribution in [3.8, 4) is 0 Å². The fraction of sp³-hybridized carbons (Fsp3) is 0.467. The number of likely N-dealkylation sites (tertiary alicyclic amines) is 1. The number of carbonyl (C=O) groups excluding carboxylic acids is 2. The van der Waals surface area contributed by atoms with Crippen LogP contribution in [0.2, 0.25) is 5.02 Å². The molecular weight excluding hydrogens is 292 g/mol. The molecule has 1 heterocycles. The zero-order chi connectivity index (χ0) is 15.4. The summed E-state index contributed by atoms with van der Waals surface area (Å²) in [5.74, 6) is -0.326. The Balaban J connectivity index is 1.92. The molecule has 0 unspecified atom stereocenters. The van der Waals surface area contributed by atoms with Crippen LogP contribution < -0.4 is 5.32 Å². The highest BCUT2D eigenvalue weighted by atomic mass is 35.5. The normalized spacial score (nSPS) is 19.4. The molecule has 0 radical (unpaired) electrons.